The van der Waals surface area contributed by atoms with Gasteiger partial charge in [-0.1, -0.05) is 23.8 Å². The lowest BCUT2D eigenvalue weighted by atomic mass is 10.2. The van der Waals surface area contributed by atoms with Crippen LogP contribution in [0.1, 0.15) is 18.4 Å². The molecule has 1 unspecified atom stereocenters. The molecule has 0 saturated heterocycles. The Labute approximate surface area is 92.7 Å². The van der Waals surface area contributed by atoms with Crippen molar-refractivity contribution in [3.63, 3.8) is 0 Å². The van der Waals surface area contributed by atoms with Crippen molar-refractivity contribution >= 4 is 17.6 Å². The predicted molar refractivity (Wildman–Crippen MR) is 59.3 cm³/mol. The van der Waals surface area contributed by atoms with Gasteiger partial charge in [0, 0.05) is 11.7 Å². The second-order valence-corrected chi connectivity index (χ2v) is 4.33. The smallest absolute Gasteiger partial charge is 0.256 e. The molecule has 5 nitrogen and oxygen atoms in total. The Morgan fingerprint density at radius 3 is 2.80 bits per heavy atom. The van der Waals surface area contributed by atoms with Gasteiger partial charge in [0.05, 0.1) is 5.69 Å². The maximum atomic E-state index is 8.47. The van der Waals surface area contributed by atoms with Gasteiger partial charge in [0.2, 0.25) is 0 Å². The third kappa shape index (κ3) is 3.16. The number of nitrogens with zero attached hydrogens (tertiary/aromatic N) is 2. The predicted octanol–water partition coefficient (Wildman–Crippen LogP) is 1.77. The topological polar surface area (TPSA) is 84.6 Å². The van der Waals surface area contributed by atoms with Gasteiger partial charge in [-0.25, -0.2) is 4.98 Å². The van der Waals surface area contributed by atoms with Crippen LogP contribution in [0, 0.1) is 19.8 Å². The van der Waals surface area contributed by atoms with Crippen LogP contribution in [0.15, 0.2) is 14.8 Å². The fourth-order valence-corrected chi connectivity index (χ4v) is 1.83. The fourth-order valence-electron chi connectivity index (χ4n) is 0.885. The van der Waals surface area contributed by atoms with Gasteiger partial charge in [-0.05, 0) is 13.8 Å². The number of rotatable bonds is 4. The molecule has 84 valence electrons. The first-order chi connectivity index (χ1) is 7.04. The van der Waals surface area contributed by atoms with E-state index in [1.54, 1.807) is 0 Å². The SMILES string of the molecule is Cc1nc(SCC(C)C(N)=NO)oc1C. The molecule has 1 atom stereocenters. The molecule has 15 heavy (non-hydrogen) atoms. The standard InChI is InChI=1S/C9H15N3O2S/c1-5(8(10)12-13)4-15-9-11-6(2)7(3)14-9/h5,13H,4H2,1-3H3,(H2,10,12). The Morgan fingerprint density at radius 2 is 2.33 bits per heavy atom. The third-order valence-corrected chi connectivity index (χ3v) is 3.17. The summed E-state index contributed by atoms with van der Waals surface area (Å²) in [6, 6.07) is 0. The molecule has 1 heterocycles. The second kappa shape index (κ2) is 5.06. The minimum absolute atomic E-state index is 0.00693. The maximum Gasteiger partial charge on any atom is 0.256 e. The van der Waals surface area contributed by atoms with Gasteiger partial charge in [0.15, 0.2) is 0 Å². The molecular formula is C9H15N3O2S. The van der Waals surface area contributed by atoms with Crippen molar-refractivity contribution in [3.8, 4) is 0 Å². The molecule has 0 aliphatic carbocycles. The summed E-state index contributed by atoms with van der Waals surface area (Å²) in [5.41, 5.74) is 6.35. The Bertz CT molecular complexity index is 343. The summed E-state index contributed by atoms with van der Waals surface area (Å²) in [5, 5.41) is 12.0. The number of aromatic nitrogens is 1. The number of oxazole rings is 1. The quantitative estimate of drug-likeness (QED) is 0.270. The number of thioether (sulfide) groups is 1. The molecule has 1 aromatic heterocycles. The molecule has 3 N–H and O–H groups in total. The van der Waals surface area contributed by atoms with E-state index in [1.807, 2.05) is 20.8 Å². The minimum Gasteiger partial charge on any atom is -0.437 e. The van der Waals surface area contributed by atoms with Crippen LogP contribution in [-0.4, -0.2) is 21.8 Å². The highest BCUT2D eigenvalue weighted by Crippen LogP contribution is 2.22. The van der Waals surface area contributed by atoms with Crippen LogP contribution in [0.2, 0.25) is 0 Å². The van der Waals surface area contributed by atoms with Crippen molar-refractivity contribution in [1.82, 2.24) is 4.98 Å². The van der Waals surface area contributed by atoms with E-state index < -0.39 is 0 Å². The molecule has 0 fully saturated rings. The van der Waals surface area contributed by atoms with Gasteiger partial charge >= 0.3 is 0 Å². The highest BCUT2D eigenvalue weighted by molar-refractivity contribution is 7.99. The zero-order valence-corrected chi connectivity index (χ0v) is 9.84. The maximum absolute atomic E-state index is 8.47. The van der Waals surface area contributed by atoms with E-state index >= 15 is 0 Å². The van der Waals surface area contributed by atoms with E-state index in [-0.39, 0.29) is 11.8 Å². The third-order valence-electron chi connectivity index (χ3n) is 2.09. The molecule has 0 bridgehead atoms. The van der Waals surface area contributed by atoms with Crippen molar-refractivity contribution in [1.29, 1.82) is 0 Å². The lowest BCUT2D eigenvalue weighted by Crippen LogP contribution is -2.22. The molecule has 0 amide bonds. The lowest BCUT2D eigenvalue weighted by Gasteiger charge is -2.06. The van der Waals surface area contributed by atoms with Crippen LogP contribution in [0.25, 0.3) is 0 Å². The fraction of sp³-hybridized carbons (Fsp3) is 0.556. The van der Waals surface area contributed by atoms with E-state index in [0.29, 0.717) is 11.0 Å². The molecule has 0 aliphatic rings. The van der Waals surface area contributed by atoms with Gasteiger partial charge in [0.1, 0.15) is 11.6 Å². The summed E-state index contributed by atoms with van der Waals surface area (Å²) < 4.78 is 5.39. The largest absolute Gasteiger partial charge is 0.437 e. The average Bonchev–Trinajstić information content (AvgIpc) is 2.54. The van der Waals surface area contributed by atoms with Crippen molar-refractivity contribution < 1.29 is 9.62 Å². The van der Waals surface area contributed by atoms with Gasteiger partial charge in [-0.15, -0.1) is 0 Å². The second-order valence-electron chi connectivity index (χ2n) is 3.36. The molecule has 1 rings (SSSR count). The highest BCUT2D eigenvalue weighted by atomic mass is 32.2. The number of hydrogen-bond acceptors (Lipinski definition) is 5. The number of hydrogen-bond donors (Lipinski definition) is 2. The van der Waals surface area contributed by atoms with E-state index in [1.165, 1.54) is 11.8 Å². The van der Waals surface area contributed by atoms with Crippen LogP contribution >= 0.6 is 11.8 Å². The Balaban J connectivity index is 2.50. The molecule has 0 saturated carbocycles. The summed E-state index contributed by atoms with van der Waals surface area (Å²) in [5.74, 6) is 1.72. The van der Waals surface area contributed by atoms with Gasteiger partial charge in [-0.3, -0.25) is 0 Å². The summed E-state index contributed by atoms with van der Waals surface area (Å²) in [4.78, 5) is 4.22. The first kappa shape index (κ1) is 11.9. The Hall–Kier alpha value is -1.17. The first-order valence-electron chi connectivity index (χ1n) is 4.58. The normalized spacial score (nSPS) is 14.2. The van der Waals surface area contributed by atoms with Crippen molar-refractivity contribution in [2.45, 2.75) is 26.0 Å². The lowest BCUT2D eigenvalue weighted by molar-refractivity contribution is 0.315. The van der Waals surface area contributed by atoms with E-state index in [4.69, 9.17) is 15.4 Å². The Morgan fingerprint density at radius 1 is 1.67 bits per heavy atom. The molecule has 1 aromatic rings. The van der Waals surface area contributed by atoms with Crippen LogP contribution in [0.4, 0.5) is 0 Å². The summed E-state index contributed by atoms with van der Waals surface area (Å²) in [6.07, 6.45) is 0. The number of oxime groups is 1. The molecule has 0 aromatic carbocycles. The highest BCUT2D eigenvalue weighted by Gasteiger charge is 2.11. The van der Waals surface area contributed by atoms with Gasteiger partial charge in [0.25, 0.3) is 5.22 Å². The van der Waals surface area contributed by atoms with Crippen LogP contribution in [0.3, 0.4) is 0 Å². The Kier molecular flexibility index (Phi) is 4.02. The number of nitrogens with two attached hydrogens (primary N) is 1. The van der Waals surface area contributed by atoms with E-state index in [0.717, 1.165) is 11.5 Å². The van der Waals surface area contributed by atoms with Crippen LogP contribution in [-0.2, 0) is 0 Å². The monoisotopic (exact) mass is 229 g/mol. The van der Waals surface area contributed by atoms with Crippen molar-refractivity contribution in [3.05, 3.63) is 11.5 Å². The summed E-state index contributed by atoms with van der Waals surface area (Å²) >= 11 is 1.46. The molecule has 6 heteroatoms. The van der Waals surface area contributed by atoms with Crippen LogP contribution in [0.5, 0.6) is 0 Å². The molecular weight excluding hydrogens is 214 g/mol. The van der Waals surface area contributed by atoms with Crippen molar-refractivity contribution in [2.75, 3.05) is 5.75 Å². The molecule has 0 aliphatic heterocycles. The minimum atomic E-state index is -0.00693. The summed E-state index contributed by atoms with van der Waals surface area (Å²) in [6.45, 7) is 5.65. The van der Waals surface area contributed by atoms with Crippen LogP contribution < -0.4 is 5.73 Å². The first-order valence-corrected chi connectivity index (χ1v) is 5.57. The number of amidine groups is 1. The van der Waals surface area contributed by atoms with E-state index in [9.17, 15) is 0 Å². The number of aryl methyl sites for hydroxylation is 2. The summed E-state index contributed by atoms with van der Waals surface area (Å²) in [7, 11) is 0. The molecule has 0 spiro atoms. The molecule has 0 radical (unpaired) electrons. The van der Waals surface area contributed by atoms with E-state index in [2.05, 4.69) is 10.1 Å². The van der Waals surface area contributed by atoms with Gasteiger partial charge in [-0.2, -0.15) is 0 Å². The van der Waals surface area contributed by atoms with Crippen molar-refractivity contribution in [2.24, 2.45) is 16.8 Å². The zero-order chi connectivity index (χ0) is 11.4. The van der Waals surface area contributed by atoms with Gasteiger partial charge < -0.3 is 15.4 Å². The zero-order valence-electron chi connectivity index (χ0n) is 9.02. The average molecular weight is 229 g/mol.